The minimum absolute atomic E-state index is 0.0924. The van der Waals surface area contributed by atoms with Crippen molar-refractivity contribution in [3.8, 4) is 0 Å². The van der Waals surface area contributed by atoms with Crippen molar-refractivity contribution in [1.82, 2.24) is 9.82 Å². The fourth-order valence-corrected chi connectivity index (χ4v) is 1.24. The maximum atomic E-state index is 11.2. The summed E-state index contributed by atoms with van der Waals surface area (Å²) in [7, 11) is 0. The Balaban J connectivity index is 0.000000414. The smallest absolute Gasteiger partial charge is 0.211 e. The predicted octanol–water partition coefficient (Wildman–Crippen LogP) is 1.85. The van der Waals surface area contributed by atoms with Gasteiger partial charge in [0.1, 0.15) is 22.1 Å². The van der Waals surface area contributed by atoms with Gasteiger partial charge in [-0.05, 0) is 12.2 Å². The molecular formula is C10H10N6O2+2. The number of fused-ring (bicyclic) bond motifs is 1. The van der Waals surface area contributed by atoms with Crippen molar-refractivity contribution < 1.29 is 9.59 Å². The standard InChI is InChI=1S/C10H6O2.2H2N3/c11-9-5-6-10(12)8-4-2-1-3-7(8)9;2*1-3-2/h1-6H;2*1-2H/q;2*+1. The lowest BCUT2D eigenvalue weighted by Crippen LogP contribution is -2.10. The van der Waals surface area contributed by atoms with E-state index in [2.05, 4.69) is 0 Å². The number of allylic oxidation sites excluding steroid dienone is 2. The molecule has 0 saturated heterocycles. The second kappa shape index (κ2) is 8.12. The van der Waals surface area contributed by atoms with Gasteiger partial charge in [0.05, 0.1) is 0 Å². The van der Waals surface area contributed by atoms with Crippen LogP contribution in [0.5, 0.6) is 0 Å². The molecule has 0 saturated carbocycles. The molecule has 2 rings (SSSR count). The van der Waals surface area contributed by atoms with Crippen molar-refractivity contribution in [2.75, 3.05) is 0 Å². The molecule has 0 bridgehead atoms. The molecule has 1 aromatic carbocycles. The first kappa shape index (κ1) is 14.9. The fraction of sp³-hybridized carbons (Fsp3) is 0. The summed E-state index contributed by atoms with van der Waals surface area (Å²) < 4.78 is 0. The molecule has 4 N–H and O–H groups in total. The van der Waals surface area contributed by atoms with Gasteiger partial charge in [-0.3, -0.25) is 9.59 Å². The van der Waals surface area contributed by atoms with Crippen LogP contribution in [0.3, 0.4) is 0 Å². The molecule has 0 amide bonds. The topological polar surface area (TPSA) is 158 Å². The molecule has 0 atom stereocenters. The molecule has 8 nitrogen and oxygen atoms in total. The molecule has 0 spiro atoms. The average Bonchev–Trinajstić information content (AvgIpc) is 2.36. The van der Waals surface area contributed by atoms with Crippen LogP contribution in [0.2, 0.25) is 0 Å². The van der Waals surface area contributed by atoms with Crippen LogP contribution in [-0.4, -0.2) is 11.6 Å². The van der Waals surface area contributed by atoms with Crippen molar-refractivity contribution in [3.05, 3.63) is 47.5 Å². The molecule has 1 aliphatic rings. The number of rotatable bonds is 0. The highest BCUT2D eigenvalue weighted by molar-refractivity contribution is 6.21. The molecule has 0 unspecified atom stereocenters. The summed E-state index contributed by atoms with van der Waals surface area (Å²) >= 11 is 0. The number of hydrogen-bond donors (Lipinski definition) is 4. The molecule has 0 aliphatic heterocycles. The molecule has 0 radical (unpaired) electrons. The molecule has 1 aliphatic carbocycles. The van der Waals surface area contributed by atoms with E-state index >= 15 is 0 Å². The zero-order valence-corrected chi connectivity index (χ0v) is 9.18. The highest BCUT2D eigenvalue weighted by Gasteiger charge is 2.16. The van der Waals surface area contributed by atoms with Crippen LogP contribution >= 0.6 is 0 Å². The van der Waals surface area contributed by atoms with E-state index in [0.717, 1.165) is 0 Å². The van der Waals surface area contributed by atoms with Gasteiger partial charge in [-0.2, -0.15) is 0 Å². The van der Waals surface area contributed by atoms with Crippen molar-refractivity contribution >= 4 is 11.6 Å². The maximum absolute atomic E-state index is 11.2. The van der Waals surface area contributed by atoms with Gasteiger partial charge in [0.2, 0.25) is 9.82 Å². The van der Waals surface area contributed by atoms with Crippen molar-refractivity contribution in [2.24, 2.45) is 0 Å². The number of nitrogens with zero attached hydrogens (tertiary/aromatic N) is 2. The second-order valence-corrected chi connectivity index (χ2v) is 2.83. The monoisotopic (exact) mass is 246 g/mol. The van der Waals surface area contributed by atoms with Crippen LogP contribution in [0.1, 0.15) is 20.7 Å². The third kappa shape index (κ3) is 4.19. The quantitative estimate of drug-likeness (QED) is 0.406. The van der Waals surface area contributed by atoms with Gasteiger partial charge in [-0.25, -0.2) is 0 Å². The predicted molar refractivity (Wildman–Crippen MR) is 59.4 cm³/mol. The normalized spacial score (nSPS) is 10.7. The van der Waals surface area contributed by atoms with Gasteiger partial charge >= 0.3 is 0 Å². The second-order valence-electron chi connectivity index (χ2n) is 2.83. The highest BCUT2D eigenvalue weighted by Crippen LogP contribution is 2.15. The third-order valence-corrected chi connectivity index (χ3v) is 1.84. The molecule has 18 heavy (non-hydrogen) atoms. The van der Waals surface area contributed by atoms with Crippen LogP contribution in [0.15, 0.2) is 36.4 Å². The van der Waals surface area contributed by atoms with E-state index in [4.69, 9.17) is 22.1 Å². The highest BCUT2D eigenvalue weighted by atomic mass is 16.1. The lowest BCUT2D eigenvalue weighted by molar-refractivity contribution is 0.0994. The Hall–Kier alpha value is -3.08. The summed E-state index contributed by atoms with van der Waals surface area (Å²) in [6.45, 7) is 0. The van der Waals surface area contributed by atoms with Crippen LogP contribution < -0.4 is 9.82 Å². The van der Waals surface area contributed by atoms with E-state index in [1.165, 1.54) is 12.2 Å². The number of ketones is 2. The Labute approximate surface area is 101 Å². The number of carbonyl (C=O) groups excluding carboxylic acids is 2. The van der Waals surface area contributed by atoms with E-state index < -0.39 is 0 Å². The zero-order valence-electron chi connectivity index (χ0n) is 9.18. The molecule has 1 aromatic rings. The summed E-state index contributed by atoms with van der Waals surface area (Å²) in [6.07, 6.45) is 2.62. The Morgan fingerprint density at radius 3 is 1.28 bits per heavy atom. The van der Waals surface area contributed by atoms with Crippen LogP contribution in [0.25, 0.3) is 0 Å². The Morgan fingerprint density at radius 2 is 1.00 bits per heavy atom. The van der Waals surface area contributed by atoms with Crippen molar-refractivity contribution in [3.63, 3.8) is 0 Å². The van der Waals surface area contributed by atoms with E-state index in [1.54, 1.807) is 24.3 Å². The largest absolute Gasteiger partial charge is 0.289 e. The van der Waals surface area contributed by atoms with E-state index in [0.29, 0.717) is 11.1 Å². The van der Waals surface area contributed by atoms with Crippen molar-refractivity contribution in [2.45, 2.75) is 0 Å². The van der Waals surface area contributed by atoms with E-state index in [1.807, 2.05) is 9.82 Å². The Kier molecular flexibility index (Phi) is 6.73. The van der Waals surface area contributed by atoms with Crippen molar-refractivity contribution in [1.29, 1.82) is 22.1 Å². The Morgan fingerprint density at radius 1 is 0.722 bits per heavy atom. The van der Waals surface area contributed by atoms with Crippen LogP contribution in [0.4, 0.5) is 0 Å². The number of nitrogens with one attached hydrogen (secondary N) is 4. The minimum atomic E-state index is -0.0924. The summed E-state index contributed by atoms with van der Waals surface area (Å²) in [5, 5.41) is 0. The van der Waals surface area contributed by atoms with Gasteiger partial charge in [0.25, 0.3) is 0 Å². The van der Waals surface area contributed by atoms with Gasteiger partial charge < -0.3 is 0 Å². The molecule has 0 heterocycles. The first-order valence-electron chi connectivity index (χ1n) is 4.54. The van der Waals surface area contributed by atoms with Crippen LogP contribution in [-0.2, 0) is 0 Å². The zero-order chi connectivity index (χ0) is 14.0. The van der Waals surface area contributed by atoms with Gasteiger partial charge in [0, 0.05) is 11.1 Å². The first-order chi connectivity index (χ1) is 8.62. The van der Waals surface area contributed by atoms with E-state index in [-0.39, 0.29) is 11.6 Å². The first-order valence-corrected chi connectivity index (χ1v) is 4.54. The molecule has 0 aromatic heterocycles. The molecule has 90 valence electrons. The van der Waals surface area contributed by atoms with Gasteiger partial charge in [-0.1, -0.05) is 24.3 Å². The third-order valence-electron chi connectivity index (χ3n) is 1.84. The van der Waals surface area contributed by atoms with Crippen LogP contribution in [0, 0.1) is 22.1 Å². The SMILES string of the molecule is N=[N+]=N.N=[N+]=N.O=C1C=CC(=O)c2ccccc21. The van der Waals surface area contributed by atoms with Gasteiger partial charge in [-0.15, -0.1) is 0 Å². The summed E-state index contributed by atoms with van der Waals surface area (Å²) in [5.41, 5.74) is 23.0. The minimum Gasteiger partial charge on any atom is -0.289 e. The number of benzene rings is 1. The number of hydrogen-bond acceptors (Lipinski definition) is 6. The lowest BCUT2D eigenvalue weighted by Gasteiger charge is -2.06. The summed E-state index contributed by atoms with van der Waals surface area (Å²) in [4.78, 5) is 26.4. The lowest BCUT2D eigenvalue weighted by atomic mass is 9.95. The fourth-order valence-electron chi connectivity index (χ4n) is 1.24. The van der Waals surface area contributed by atoms with Gasteiger partial charge in [0.15, 0.2) is 11.6 Å². The Bertz CT molecular complexity index is 502. The molecule has 8 heteroatoms. The molecule has 0 fully saturated rings. The maximum Gasteiger partial charge on any atom is 0.211 e. The average molecular weight is 246 g/mol. The summed E-state index contributed by atoms with van der Waals surface area (Å²) in [6, 6.07) is 6.84. The molecular weight excluding hydrogens is 236 g/mol. The van der Waals surface area contributed by atoms with E-state index in [9.17, 15) is 9.59 Å². The number of carbonyl (C=O) groups is 2. The summed E-state index contributed by atoms with van der Waals surface area (Å²) in [5.74, 6) is -0.185.